The van der Waals surface area contributed by atoms with Gasteiger partial charge < -0.3 is 10.1 Å². The zero-order valence-corrected chi connectivity index (χ0v) is 12.9. The van der Waals surface area contributed by atoms with Gasteiger partial charge in [0, 0.05) is 23.9 Å². The molecule has 1 saturated carbocycles. The molecule has 1 aliphatic rings. The van der Waals surface area contributed by atoms with Crippen LogP contribution in [0.3, 0.4) is 0 Å². The minimum absolute atomic E-state index is 0.109. The molecule has 0 aliphatic heterocycles. The highest BCUT2D eigenvalue weighted by Crippen LogP contribution is 2.28. The van der Waals surface area contributed by atoms with E-state index >= 15 is 0 Å². The topological polar surface area (TPSA) is 55.4 Å². The lowest BCUT2D eigenvalue weighted by Crippen LogP contribution is -2.26. The van der Waals surface area contributed by atoms with Gasteiger partial charge in [0.25, 0.3) is 0 Å². The molecular weight excluding hydrogens is 290 g/mol. The molecule has 0 bridgehead atoms. The predicted octanol–water partition coefficient (Wildman–Crippen LogP) is 3.25. The molecule has 21 heavy (non-hydrogen) atoms. The summed E-state index contributed by atoms with van der Waals surface area (Å²) in [5.74, 6) is 0.0675. The zero-order chi connectivity index (χ0) is 15.2. The van der Waals surface area contributed by atoms with Gasteiger partial charge in [-0.1, -0.05) is 23.7 Å². The van der Waals surface area contributed by atoms with Gasteiger partial charge in [0.2, 0.25) is 5.91 Å². The first kappa shape index (κ1) is 15.8. The summed E-state index contributed by atoms with van der Waals surface area (Å²) in [4.78, 5) is 23.1. The van der Waals surface area contributed by atoms with Crippen molar-refractivity contribution in [3.63, 3.8) is 0 Å². The highest BCUT2D eigenvalue weighted by Gasteiger charge is 2.29. The molecule has 1 fully saturated rings. The summed E-state index contributed by atoms with van der Waals surface area (Å²) in [5, 5.41) is 3.49. The Morgan fingerprint density at radius 1 is 1.33 bits per heavy atom. The number of carbonyl (C=O) groups excluding carboxylic acids is 2. The van der Waals surface area contributed by atoms with Crippen LogP contribution in [0.4, 0.5) is 0 Å². The van der Waals surface area contributed by atoms with E-state index in [-0.39, 0.29) is 23.9 Å². The Morgan fingerprint density at radius 3 is 2.62 bits per heavy atom. The minimum atomic E-state index is -0.296. The zero-order valence-electron chi connectivity index (χ0n) is 12.1. The molecule has 2 rings (SSSR count). The van der Waals surface area contributed by atoms with Crippen molar-refractivity contribution < 1.29 is 14.3 Å². The van der Waals surface area contributed by atoms with Gasteiger partial charge in [-0.15, -0.1) is 0 Å². The van der Waals surface area contributed by atoms with Gasteiger partial charge in [0.15, 0.2) is 0 Å². The largest absolute Gasteiger partial charge is 0.458 e. The molecule has 1 aliphatic carbocycles. The lowest BCUT2D eigenvalue weighted by molar-refractivity contribution is -0.148. The summed E-state index contributed by atoms with van der Waals surface area (Å²) in [6.07, 6.45) is 2.60. The molecule has 0 aromatic heterocycles. The van der Waals surface area contributed by atoms with Gasteiger partial charge in [0.1, 0.15) is 6.10 Å². The lowest BCUT2D eigenvalue weighted by atomic mass is 10.1. The first-order valence-corrected chi connectivity index (χ1v) is 7.66. The van der Waals surface area contributed by atoms with E-state index in [1.54, 1.807) is 12.1 Å². The quantitative estimate of drug-likeness (QED) is 0.621. The molecule has 1 N–H and O–H groups in total. The van der Waals surface area contributed by atoms with Crippen molar-refractivity contribution in [2.75, 3.05) is 6.54 Å². The third kappa shape index (κ3) is 5.38. The molecule has 1 aromatic rings. The van der Waals surface area contributed by atoms with Crippen molar-refractivity contribution >= 4 is 23.5 Å². The van der Waals surface area contributed by atoms with Crippen molar-refractivity contribution in [3.05, 3.63) is 34.9 Å². The number of nitrogens with one attached hydrogen (secondary N) is 1. The molecule has 1 unspecified atom stereocenters. The third-order valence-electron chi connectivity index (χ3n) is 3.45. The Hall–Kier alpha value is -1.55. The van der Waals surface area contributed by atoms with Crippen LogP contribution < -0.4 is 5.32 Å². The number of amides is 1. The number of hydrogen-bond acceptors (Lipinski definition) is 3. The van der Waals surface area contributed by atoms with Gasteiger partial charge in [-0.2, -0.15) is 0 Å². The summed E-state index contributed by atoms with van der Waals surface area (Å²) in [7, 11) is 0. The van der Waals surface area contributed by atoms with E-state index in [4.69, 9.17) is 16.3 Å². The second kappa shape index (κ2) is 7.46. The lowest BCUT2D eigenvalue weighted by Gasteiger charge is -2.13. The Morgan fingerprint density at radius 2 is 2.00 bits per heavy atom. The number of ether oxygens (including phenoxy) is 1. The van der Waals surface area contributed by atoms with Crippen molar-refractivity contribution in [2.45, 2.75) is 38.7 Å². The average Bonchev–Trinajstić information content (AvgIpc) is 3.28. The number of benzene rings is 1. The van der Waals surface area contributed by atoms with Crippen molar-refractivity contribution in [1.29, 1.82) is 0 Å². The Balaban J connectivity index is 1.64. The summed E-state index contributed by atoms with van der Waals surface area (Å²) in [5.41, 5.74) is 0.912. The standard InChI is InChI=1S/C16H20ClNO3/c1-11(12-6-8-14(17)9-7-12)21-15(19)3-2-10-18-16(20)13-4-5-13/h6-9,11,13H,2-5,10H2,1H3,(H,18,20). The van der Waals surface area contributed by atoms with E-state index in [0.717, 1.165) is 18.4 Å². The fourth-order valence-electron chi connectivity index (χ4n) is 1.99. The predicted molar refractivity (Wildman–Crippen MR) is 80.9 cm³/mol. The highest BCUT2D eigenvalue weighted by molar-refractivity contribution is 6.30. The summed E-state index contributed by atoms with van der Waals surface area (Å²) < 4.78 is 5.35. The first-order chi connectivity index (χ1) is 10.1. The normalized spacial score (nSPS) is 15.3. The maximum atomic E-state index is 11.7. The molecule has 1 amide bonds. The van der Waals surface area contributed by atoms with Crippen molar-refractivity contribution in [2.24, 2.45) is 5.92 Å². The molecule has 1 atom stereocenters. The van der Waals surface area contributed by atoms with Crippen LogP contribution in [-0.2, 0) is 14.3 Å². The van der Waals surface area contributed by atoms with E-state index in [9.17, 15) is 9.59 Å². The minimum Gasteiger partial charge on any atom is -0.458 e. The highest BCUT2D eigenvalue weighted by atomic mass is 35.5. The fourth-order valence-corrected chi connectivity index (χ4v) is 2.12. The van der Waals surface area contributed by atoms with Crippen LogP contribution in [0.5, 0.6) is 0 Å². The molecule has 1 aromatic carbocycles. The number of hydrogen-bond donors (Lipinski definition) is 1. The SMILES string of the molecule is CC(OC(=O)CCCNC(=O)C1CC1)c1ccc(Cl)cc1. The van der Waals surface area contributed by atoms with Crippen LogP contribution in [0.15, 0.2) is 24.3 Å². The summed E-state index contributed by atoms with van der Waals surface area (Å²) in [6.45, 7) is 2.36. The van der Waals surface area contributed by atoms with Crippen LogP contribution in [0.1, 0.15) is 44.3 Å². The fraction of sp³-hybridized carbons (Fsp3) is 0.500. The maximum absolute atomic E-state index is 11.7. The number of carbonyl (C=O) groups is 2. The second-order valence-corrected chi connectivity index (χ2v) is 5.79. The smallest absolute Gasteiger partial charge is 0.306 e. The molecule has 0 heterocycles. The van der Waals surface area contributed by atoms with E-state index in [0.29, 0.717) is 24.4 Å². The van der Waals surface area contributed by atoms with E-state index in [1.807, 2.05) is 19.1 Å². The van der Waals surface area contributed by atoms with E-state index in [1.165, 1.54) is 0 Å². The van der Waals surface area contributed by atoms with Gasteiger partial charge in [0.05, 0.1) is 0 Å². The maximum Gasteiger partial charge on any atom is 0.306 e. The van der Waals surface area contributed by atoms with Crippen LogP contribution in [0.2, 0.25) is 5.02 Å². The van der Waals surface area contributed by atoms with Crippen LogP contribution in [0, 0.1) is 5.92 Å². The van der Waals surface area contributed by atoms with Crippen LogP contribution >= 0.6 is 11.6 Å². The Bertz CT molecular complexity index is 497. The molecule has 0 radical (unpaired) electrons. The molecule has 114 valence electrons. The summed E-state index contributed by atoms with van der Waals surface area (Å²) in [6, 6.07) is 7.23. The number of rotatable bonds is 7. The van der Waals surface area contributed by atoms with E-state index in [2.05, 4.69) is 5.32 Å². The van der Waals surface area contributed by atoms with Gasteiger partial charge in [-0.3, -0.25) is 9.59 Å². The van der Waals surface area contributed by atoms with Crippen LogP contribution in [-0.4, -0.2) is 18.4 Å². The van der Waals surface area contributed by atoms with E-state index < -0.39 is 0 Å². The van der Waals surface area contributed by atoms with Gasteiger partial charge >= 0.3 is 5.97 Å². The monoisotopic (exact) mass is 309 g/mol. The molecular formula is C16H20ClNO3. The molecule has 0 spiro atoms. The Kier molecular flexibility index (Phi) is 5.62. The van der Waals surface area contributed by atoms with Crippen molar-refractivity contribution in [3.8, 4) is 0 Å². The molecule has 5 heteroatoms. The van der Waals surface area contributed by atoms with Crippen molar-refractivity contribution in [1.82, 2.24) is 5.32 Å². The Labute approximate surface area is 129 Å². The first-order valence-electron chi connectivity index (χ1n) is 7.29. The third-order valence-corrected chi connectivity index (χ3v) is 3.70. The van der Waals surface area contributed by atoms with Crippen LogP contribution in [0.25, 0.3) is 0 Å². The molecule has 0 saturated heterocycles. The molecule has 4 nitrogen and oxygen atoms in total. The van der Waals surface area contributed by atoms with Gasteiger partial charge in [-0.05, 0) is 43.9 Å². The second-order valence-electron chi connectivity index (χ2n) is 5.35. The summed E-state index contributed by atoms with van der Waals surface area (Å²) >= 11 is 5.82. The number of halogens is 1. The number of esters is 1. The average molecular weight is 310 g/mol. The van der Waals surface area contributed by atoms with Gasteiger partial charge in [-0.25, -0.2) is 0 Å².